The van der Waals surface area contributed by atoms with Crippen molar-refractivity contribution in [2.75, 3.05) is 12.3 Å². The summed E-state index contributed by atoms with van der Waals surface area (Å²) in [7, 11) is 0. The lowest BCUT2D eigenvalue weighted by Gasteiger charge is -2.15. The summed E-state index contributed by atoms with van der Waals surface area (Å²) < 4.78 is 4.64. The Hall–Kier alpha value is -2.37. The van der Waals surface area contributed by atoms with Gasteiger partial charge in [0.25, 0.3) is 5.91 Å². The molecular weight excluding hydrogens is 248 g/mol. The van der Waals surface area contributed by atoms with E-state index in [4.69, 9.17) is 5.73 Å². The van der Waals surface area contributed by atoms with Crippen molar-refractivity contribution in [3.05, 3.63) is 28.8 Å². The molecule has 1 rings (SSSR count). The Balaban J connectivity index is 3.14. The fourth-order valence-corrected chi connectivity index (χ4v) is 1.57. The zero-order chi connectivity index (χ0) is 14.6. The number of aryl methyl sites for hydroxylation is 2. The van der Waals surface area contributed by atoms with E-state index in [2.05, 4.69) is 4.74 Å². The van der Waals surface area contributed by atoms with Crippen LogP contribution in [-0.2, 0) is 9.53 Å². The van der Waals surface area contributed by atoms with Gasteiger partial charge in [0, 0.05) is 11.3 Å². The number of nitrogens with two attached hydrogens (primary N) is 1. The van der Waals surface area contributed by atoms with Crippen LogP contribution in [0, 0.1) is 13.8 Å². The number of hydrogen-bond donors (Lipinski definition) is 1. The van der Waals surface area contributed by atoms with Gasteiger partial charge in [-0.25, -0.2) is 4.79 Å². The zero-order valence-electron chi connectivity index (χ0n) is 11.1. The van der Waals surface area contributed by atoms with Gasteiger partial charge in [-0.1, -0.05) is 0 Å². The lowest BCUT2D eigenvalue weighted by molar-refractivity contribution is -0.114. The van der Waals surface area contributed by atoms with Crippen molar-refractivity contribution in [1.29, 1.82) is 0 Å². The third-order valence-electron chi connectivity index (χ3n) is 2.63. The van der Waals surface area contributed by atoms with E-state index in [1.807, 2.05) is 0 Å². The number of carbonyl (C=O) groups excluding carboxylic acids is 3. The van der Waals surface area contributed by atoms with E-state index >= 15 is 0 Å². The second kappa shape index (κ2) is 5.99. The minimum atomic E-state index is -0.989. The van der Waals surface area contributed by atoms with Gasteiger partial charge in [-0.3, -0.25) is 9.59 Å². The van der Waals surface area contributed by atoms with Crippen LogP contribution in [0.4, 0.5) is 10.5 Å². The topological polar surface area (TPSA) is 89.7 Å². The predicted molar refractivity (Wildman–Crippen MR) is 69.6 cm³/mol. The summed E-state index contributed by atoms with van der Waals surface area (Å²) in [5.74, 6) is -0.728. The fraction of sp³-hybridized carbons (Fsp3) is 0.308. The van der Waals surface area contributed by atoms with Crippen LogP contribution in [-0.4, -0.2) is 29.9 Å². The molecule has 1 aromatic carbocycles. The lowest BCUT2D eigenvalue weighted by atomic mass is 10.0. The molecule has 3 amide bonds. The normalized spacial score (nSPS) is 9.84. The van der Waals surface area contributed by atoms with Crippen molar-refractivity contribution in [2.45, 2.75) is 20.8 Å². The first-order valence-corrected chi connectivity index (χ1v) is 5.74. The van der Waals surface area contributed by atoms with Crippen LogP contribution in [0.3, 0.4) is 0 Å². The van der Waals surface area contributed by atoms with E-state index in [-0.39, 0.29) is 18.6 Å². The molecular formula is C13H16N2O4. The average molecular weight is 264 g/mol. The third-order valence-corrected chi connectivity index (χ3v) is 2.63. The summed E-state index contributed by atoms with van der Waals surface area (Å²) in [5, 5.41) is 0. The van der Waals surface area contributed by atoms with E-state index in [9.17, 15) is 14.4 Å². The summed E-state index contributed by atoms with van der Waals surface area (Å²) in [6.07, 6.45) is -0.845. The first-order chi connectivity index (χ1) is 8.92. The van der Waals surface area contributed by atoms with Crippen LogP contribution in [0.25, 0.3) is 0 Å². The van der Waals surface area contributed by atoms with E-state index < -0.39 is 12.0 Å². The molecule has 6 heteroatoms. The first kappa shape index (κ1) is 14.7. The minimum Gasteiger partial charge on any atom is -0.449 e. The number of ether oxygens (including phenoxy) is 1. The highest BCUT2D eigenvalue weighted by Gasteiger charge is 2.25. The molecule has 0 aliphatic rings. The smallest absolute Gasteiger partial charge is 0.423 e. The molecule has 0 saturated carbocycles. The molecule has 0 aromatic heterocycles. The number of hydrogen-bond acceptors (Lipinski definition) is 5. The van der Waals surface area contributed by atoms with Crippen LogP contribution in [0.15, 0.2) is 12.1 Å². The highest BCUT2D eigenvalue weighted by atomic mass is 16.6. The summed E-state index contributed by atoms with van der Waals surface area (Å²) in [6, 6.07) is 3.17. The van der Waals surface area contributed by atoms with Crippen LogP contribution in [0.2, 0.25) is 0 Å². The molecule has 1 aromatic rings. The SMILES string of the molecule is CCOC(=O)N(C=O)C(=O)c1cc(C)c(N)cc1C. The first-order valence-electron chi connectivity index (χ1n) is 5.74. The lowest BCUT2D eigenvalue weighted by Crippen LogP contribution is -2.36. The average Bonchev–Trinajstić information content (AvgIpc) is 2.34. The maximum atomic E-state index is 12.1. The van der Waals surface area contributed by atoms with Crippen LogP contribution >= 0.6 is 0 Å². The van der Waals surface area contributed by atoms with Crippen molar-refractivity contribution in [3.8, 4) is 0 Å². The van der Waals surface area contributed by atoms with Gasteiger partial charge in [0.1, 0.15) is 0 Å². The molecule has 0 aliphatic carbocycles. The maximum Gasteiger partial charge on any atom is 0.423 e. The molecule has 0 heterocycles. The summed E-state index contributed by atoms with van der Waals surface area (Å²) in [4.78, 5) is 34.9. The number of benzene rings is 1. The molecule has 0 radical (unpaired) electrons. The van der Waals surface area contributed by atoms with E-state index in [1.54, 1.807) is 32.9 Å². The molecule has 102 valence electrons. The van der Waals surface area contributed by atoms with Gasteiger partial charge in [-0.2, -0.15) is 4.90 Å². The van der Waals surface area contributed by atoms with Gasteiger partial charge in [0.15, 0.2) is 0 Å². The number of amides is 3. The van der Waals surface area contributed by atoms with E-state index in [0.29, 0.717) is 21.7 Å². The monoisotopic (exact) mass is 264 g/mol. The molecule has 6 nitrogen and oxygen atoms in total. The fourth-order valence-electron chi connectivity index (χ4n) is 1.57. The predicted octanol–water partition coefficient (Wildman–Crippen LogP) is 1.64. The van der Waals surface area contributed by atoms with E-state index in [0.717, 1.165) is 0 Å². The van der Waals surface area contributed by atoms with Crippen molar-refractivity contribution in [1.82, 2.24) is 4.90 Å². The van der Waals surface area contributed by atoms with Gasteiger partial charge in [-0.15, -0.1) is 0 Å². The minimum absolute atomic E-state index is 0.0796. The zero-order valence-corrected chi connectivity index (χ0v) is 11.1. The van der Waals surface area contributed by atoms with Crippen LogP contribution in [0.1, 0.15) is 28.4 Å². The Morgan fingerprint density at radius 3 is 2.47 bits per heavy atom. The summed E-state index contributed by atoms with van der Waals surface area (Å²) in [6.45, 7) is 5.08. The van der Waals surface area contributed by atoms with Crippen molar-refractivity contribution >= 4 is 24.1 Å². The quantitative estimate of drug-likeness (QED) is 0.662. The van der Waals surface area contributed by atoms with Crippen molar-refractivity contribution < 1.29 is 19.1 Å². The molecule has 0 unspecified atom stereocenters. The molecule has 0 fully saturated rings. The molecule has 0 spiro atoms. The molecule has 0 aliphatic heterocycles. The molecule has 0 saturated heterocycles. The van der Waals surface area contributed by atoms with Gasteiger partial charge < -0.3 is 10.5 Å². The highest BCUT2D eigenvalue weighted by Crippen LogP contribution is 2.19. The van der Waals surface area contributed by atoms with Crippen molar-refractivity contribution in [3.63, 3.8) is 0 Å². The maximum absolute atomic E-state index is 12.1. The van der Waals surface area contributed by atoms with Gasteiger partial charge in [0.05, 0.1) is 6.61 Å². The third kappa shape index (κ3) is 3.09. The molecule has 19 heavy (non-hydrogen) atoms. The second-order valence-corrected chi connectivity index (χ2v) is 4.00. The number of rotatable bonds is 3. The Morgan fingerprint density at radius 1 is 1.32 bits per heavy atom. The Bertz CT molecular complexity index is 526. The Labute approximate surface area is 111 Å². The van der Waals surface area contributed by atoms with Gasteiger partial charge >= 0.3 is 6.09 Å². The number of anilines is 1. The van der Waals surface area contributed by atoms with Gasteiger partial charge in [0.2, 0.25) is 6.41 Å². The number of nitrogen functional groups attached to an aromatic ring is 1. The van der Waals surface area contributed by atoms with Gasteiger partial charge in [-0.05, 0) is 44.0 Å². The highest BCUT2D eigenvalue weighted by molar-refractivity contribution is 6.10. The summed E-state index contributed by atoms with van der Waals surface area (Å²) >= 11 is 0. The number of carbonyl (C=O) groups is 3. The van der Waals surface area contributed by atoms with E-state index in [1.165, 1.54) is 0 Å². The molecule has 0 bridgehead atoms. The standard InChI is InChI=1S/C13H16N2O4/c1-4-19-13(18)15(7-16)12(17)10-5-9(3)11(14)6-8(10)2/h5-7H,4,14H2,1-3H3. The summed E-state index contributed by atoms with van der Waals surface area (Å²) in [5.41, 5.74) is 7.79. The number of imide groups is 3. The largest absolute Gasteiger partial charge is 0.449 e. The molecule has 0 atom stereocenters. The van der Waals surface area contributed by atoms with Crippen molar-refractivity contribution in [2.24, 2.45) is 0 Å². The van der Waals surface area contributed by atoms with Crippen LogP contribution in [0.5, 0.6) is 0 Å². The Kier molecular flexibility index (Phi) is 4.63. The Morgan fingerprint density at radius 2 is 1.95 bits per heavy atom. The molecule has 2 N–H and O–H groups in total. The number of nitrogens with zero attached hydrogens (tertiary/aromatic N) is 1. The van der Waals surface area contributed by atoms with Crippen LogP contribution < -0.4 is 5.73 Å². The second-order valence-electron chi connectivity index (χ2n) is 4.00.